The van der Waals surface area contributed by atoms with E-state index in [1.54, 1.807) is 16.8 Å². The summed E-state index contributed by atoms with van der Waals surface area (Å²) >= 11 is 0. The second-order valence-corrected chi connectivity index (χ2v) is 3.20. The highest BCUT2D eigenvalue weighted by Crippen LogP contribution is 1.98. The molecule has 2 N–H and O–H groups in total. The molecule has 0 aliphatic heterocycles. The van der Waals surface area contributed by atoms with Crippen molar-refractivity contribution in [3.63, 3.8) is 0 Å². The number of ether oxygens (including phenoxy) is 1. The Hall–Kier alpha value is -1.20. The third-order valence-corrected chi connectivity index (χ3v) is 2.14. The number of rotatable bonds is 6. The standard InChI is InChI=1S/C10H17N3O2/c1-2-15-9(8-11)4-7-13-6-3-5-12-10(13)14/h3,5-6,9H,2,4,7-8,11H2,1H3. The second-order valence-electron chi connectivity index (χ2n) is 3.20. The van der Waals surface area contributed by atoms with Crippen LogP contribution in [0.3, 0.4) is 0 Å². The van der Waals surface area contributed by atoms with Crippen LogP contribution in [-0.4, -0.2) is 28.8 Å². The largest absolute Gasteiger partial charge is 0.377 e. The van der Waals surface area contributed by atoms with Crippen LogP contribution in [0.2, 0.25) is 0 Å². The molecule has 0 bridgehead atoms. The molecule has 1 heterocycles. The van der Waals surface area contributed by atoms with Crippen molar-refractivity contribution in [2.24, 2.45) is 5.73 Å². The van der Waals surface area contributed by atoms with Gasteiger partial charge in [-0.3, -0.25) is 4.57 Å². The Morgan fingerprint density at radius 2 is 2.47 bits per heavy atom. The Labute approximate surface area is 88.9 Å². The van der Waals surface area contributed by atoms with E-state index in [1.165, 1.54) is 6.20 Å². The maximum atomic E-state index is 11.3. The smallest absolute Gasteiger partial charge is 0.347 e. The maximum absolute atomic E-state index is 11.3. The SMILES string of the molecule is CCOC(CN)CCn1cccnc1=O. The van der Waals surface area contributed by atoms with Gasteiger partial charge in [0.1, 0.15) is 0 Å². The summed E-state index contributed by atoms with van der Waals surface area (Å²) in [5, 5.41) is 0. The maximum Gasteiger partial charge on any atom is 0.347 e. The van der Waals surface area contributed by atoms with Gasteiger partial charge in [0.25, 0.3) is 0 Å². The van der Waals surface area contributed by atoms with E-state index in [0.29, 0.717) is 19.7 Å². The topological polar surface area (TPSA) is 70.1 Å². The van der Waals surface area contributed by atoms with Gasteiger partial charge in [-0.2, -0.15) is 0 Å². The van der Waals surface area contributed by atoms with E-state index >= 15 is 0 Å². The van der Waals surface area contributed by atoms with Crippen molar-refractivity contribution >= 4 is 0 Å². The number of aromatic nitrogens is 2. The monoisotopic (exact) mass is 211 g/mol. The number of hydrogen-bond acceptors (Lipinski definition) is 4. The second kappa shape index (κ2) is 6.31. The van der Waals surface area contributed by atoms with Crippen LogP contribution in [-0.2, 0) is 11.3 Å². The zero-order valence-corrected chi connectivity index (χ0v) is 8.93. The molecule has 0 saturated heterocycles. The van der Waals surface area contributed by atoms with Gasteiger partial charge in [-0.1, -0.05) is 0 Å². The third kappa shape index (κ3) is 3.81. The lowest BCUT2D eigenvalue weighted by atomic mass is 10.2. The first-order valence-corrected chi connectivity index (χ1v) is 5.11. The summed E-state index contributed by atoms with van der Waals surface area (Å²) in [6, 6.07) is 1.74. The number of aryl methyl sites for hydroxylation is 1. The van der Waals surface area contributed by atoms with Crippen molar-refractivity contribution in [2.45, 2.75) is 26.0 Å². The van der Waals surface area contributed by atoms with Gasteiger partial charge in [-0.25, -0.2) is 9.78 Å². The third-order valence-electron chi connectivity index (χ3n) is 2.14. The lowest BCUT2D eigenvalue weighted by Gasteiger charge is -2.14. The molecule has 0 fully saturated rings. The van der Waals surface area contributed by atoms with E-state index in [4.69, 9.17) is 10.5 Å². The van der Waals surface area contributed by atoms with E-state index in [-0.39, 0.29) is 11.8 Å². The molecule has 0 aliphatic rings. The first-order chi connectivity index (χ1) is 7.27. The van der Waals surface area contributed by atoms with E-state index in [1.807, 2.05) is 6.92 Å². The fraction of sp³-hybridized carbons (Fsp3) is 0.600. The van der Waals surface area contributed by atoms with Crippen molar-refractivity contribution in [2.75, 3.05) is 13.2 Å². The van der Waals surface area contributed by atoms with Crippen molar-refractivity contribution in [1.82, 2.24) is 9.55 Å². The van der Waals surface area contributed by atoms with Crippen LogP contribution in [0.4, 0.5) is 0 Å². The van der Waals surface area contributed by atoms with Crippen LogP contribution in [0.1, 0.15) is 13.3 Å². The van der Waals surface area contributed by atoms with E-state index in [0.717, 1.165) is 6.42 Å². The quantitative estimate of drug-likeness (QED) is 0.719. The van der Waals surface area contributed by atoms with Gasteiger partial charge in [0.15, 0.2) is 0 Å². The fourth-order valence-electron chi connectivity index (χ4n) is 1.35. The first kappa shape index (κ1) is 11.9. The Balaban J connectivity index is 2.49. The van der Waals surface area contributed by atoms with Gasteiger partial charge in [0.2, 0.25) is 0 Å². The minimum absolute atomic E-state index is 0.0158. The normalized spacial score (nSPS) is 12.7. The molecule has 0 radical (unpaired) electrons. The summed E-state index contributed by atoms with van der Waals surface area (Å²) in [5.74, 6) is 0. The van der Waals surface area contributed by atoms with Crippen LogP contribution in [0.15, 0.2) is 23.3 Å². The van der Waals surface area contributed by atoms with Crippen LogP contribution in [0.25, 0.3) is 0 Å². The van der Waals surface area contributed by atoms with Crippen molar-refractivity contribution < 1.29 is 4.74 Å². The summed E-state index contributed by atoms with van der Waals surface area (Å²) < 4.78 is 6.95. The summed E-state index contributed by atoms with van der Waals surface area (Å²) in [4.78, 5) is 14.9. The van der Waals surface area contributed by atoms with Crippen molar-refractivity contribution in [1.29, 1.82) is 0 Å². The average Bonchev–Trinajstić information content (AvgIpc) is 2.26. The van der Waals surface area contributed by atoms with Crippen LogP contribution < -0.4 is 11.4 Å². The minimum atomic E-state index is -0.232. The van der Waals surface area contributed by atoms with Crippen molar-refractivity contribution in [3.8, 4) is 0 Å². The van der Waals surface area contributed by atoms with Crippen LogP contribution in [0, 0.1) is 0 Å². The molecule has 1 aromatic heterocycles. The van der Waals surface area contributed by atoms with E-state index in [2.05, 4.69) is 4.98 Å². The zero-order valence-electron chi connectivity index (χ0n) is 8.93. The molecule has 0 amide bonds. The molecule has 1 atom stereocenters. The number of nitrogens with zero attached hydrogens (tertiary/aromatic N) is 2. The zero-order chi connectivity index (χ0) is 11.1. The molecule has 0 saturated carbocycles. The van der Waals surface area contributed by atoms with Crippen LogP contribution in [0.5, 0.6) is 0 Å². The molecule has 15 heavy (non-hydrogen) atoms. The lowest BCUT2D eigenvalue weighted by Crippen LogP contribution is -2.28. The molecule has 0 aromatic carbocycles. The van der Waals surface area contributed by atoms with Gasteiger partial charge in [0, 0.05) is 32.1 Å². The molecule has 0 spiro atoms. The van der Waals surface area contributed by atoms with E-state index < -0.39 is 0 Å². The Morgan fingerprint density at radius 1 is 1.67 bits per heavy atom. The summed E-state index contributed by atoms with van der Waals surface area (Å²) in [7, 11) is 0. The highest BCUT2D eigenvalue weighted by atomic mass is 16.5. The molecule has 5 nitrogen and oxygen atoms in total. The molecule has 1 rings (SSSR count). The summed E-state index contributed by atoms with van der Waals surface area (Å²) in [6.45, 7) is 3.64. The lowest BCUT2D eigenvalue weighted by molar-refractivity contribution is 0.0596. The Kier molecular flexibility index (Phi) is 5.00. The van der Waals surface area contributed by atoms with E-state index in [9.17, 15) is 4.79 Å². The summed E-state index contributed by atoms with van der Waals surface area (Å²) in [5.41, 5.74) is 5.30. The highest BCUT2D eigenvalue weighted by Gasteiger charge is 2.06. The predicted octanol–water partition coefficient (Wildman–Crippen LogP) is -0.00280. The number of nitrogens with two attached hydrogens (primary N) is 1. The Morgan fingerprint density at radius 3 is 3.07 bits per heavy atom. The fourth-order valence-corrected chi connectivity index (χ4v) is 1.35. The van der Waals surface area contributed by atoms with Crippen molar-refractivity contribution in [3.05, 3.63) is 28.9 Å². The molecule has 0 aliphatic carbocycles. The van der Waals surface area contributed by atoms with Gasteiger partial charge in [-0.05, 0) is 19.4 Å². The molecule has 5 heteroatoms. The first-order valence-electron chi connectivity index (χ1n) is 5.11. The summed E-state index contributed by atoms with van der Waals surface area (Å²) in [6.07, 6.45) is 3.95. The minimum Gasteiger partial charge on any atom is -0.377 e. The van der Waals surface area contributed by atoms with Gasteiger partial charge >= 0.3 is 5.69 Å². The average molecular weight is 211 g/mol. The van der Waals surface area contributed by atoms with Gasteiger partial charge in [0.05, 0.1) is 6.10 Å². The molecular weight excluding hydrogens is 194 g/mol. The molecule has 84 valence electrons. The predicted molar refractivity (Wildman–Crippen MR) is 57.6 cm³/mol. The molecule has 1 aromatic rings. The highest BCUT2D eigenvalue weighted by molar-refractivity contribution is 4.81. The molecular formula is C10H17N3O2. The van der Waals surface area contributed by atoms with Gasteiger partial charge < -0.3 is 10.5 Å². The molecule has 1 unspecified atom stereocenters. The van der Waals surface area contributed by atoms with Crippen LogP contribution >= 0.6 is 0 Å². The number of hydrogen-bond donors (Lipinski definition) is 1. The van der Waals surface area contributed by atoms with Gasteiger partial charge in [-0.15, -0.1) is 0 Å². The Bertz CT molecular complexity index is 337.